The number of unbranched alkanes of at least 4 members (excludes halogenated alkanes) is 1. The van der Waals surface area contributed by atoms with Crippen LogP contribution in [0.3, 0.4) is 0 Å². The third-order valence-corrected chi connectivity index (χ3v) is 3.79. The molecule has 0 aliphatic heterocycles. The number of hydrogen-bond donors (Lipinski definition) is 1. The fourth-order valence-corrected chi connectivity index (χ4v) is 2.63. The summed E-state index contributed by atoms with van der Waals surface area (Å²) in [5.41, 5.74) is 6.32. The highest BCUT2D eigenvalue weighted by molar-refractivity contribution is 7.13. The number of thiazole rings is 1. The Bertz CT molecular complexity index is 376. The van der Waals surface area contributed by atoms with Gasteiger partial charge in [-0.2, -0.15) is 0 Å². The highest BCUT2D eigenvalue weighted by Crippen LogP contribution is 2.20. The van der Waals surface area contributed by atoms with E-state index >= 15 is 0 Å². The predicted molar refractivity (Wildman–Crippen MR) is 71.5 cm³/mol. The Hall–Kier alpha value is -0.940. The van der Waals surface area contributed by atoms with Crippen LogP contribution >= 0.6 is 11.3 Å². The summed E-state index contributed by atoms with van der Waals surface area (Å²) in [7, 11) is 1.85. The Morgan fingerprint density at radius 3 is 2.82 bits per heavy atom. The van der Waals surface area contributed by atoms with Crippen LogP contribution < -0.4 is 5.73 Å². The molecule has 0 spiro atoms. The molecule has 1 amide bonds. The molecule has 0 bridgehead atoms. The molecule has 1 heterocycles. The molecule has 4 nitrogen and oxygen atoms in total. The minimum atomic E-state index is 0.0803. The van der Waals surface area contributed by atoms with Crippen LogP contribution in [0.5, 0.6) is 0 Å². The molecule has 2 N–H and O–H groups in total. The molecule has 5 heteroatoms. The van der Waals surface area contributed by atoms with Gasteiger partial charge in [0.1, 0.15) is 4.88 Å². The predicted octanol–water partition coefficient (Wildman–Crippen LogP) is 1.82. The van der Waals surface area contributed by atoms with Gasteiger partial charge < -0.3 is 10.6 Å². The number of carbonyl (C=O) groups excluding carboxylic acids is 1. The fraction of sp³-hybridized carbons (Fsp3) is 0.667. The third-order valence-electron chi connectivity index (χ3n) is 2.59. The Kier molecular flexibility index (Phi) is 5.58. The Morgan fingerprint density at radius 1 is 1.53 bits per heavy atom. The zero-order chi connectivity index (χ0) is 12.8. The van der Waals surface area contributed by atoms with Crippen molar-refractivity contribution in [2.75, 3.05) is 20.1 Å². The number of rotatable bonds is 6. The Morgan fingerprint density at radius 2 is 2.24 bits per heavy atom. The maximum absolute atomic E-state index is 12.2. The van der Waals surface area contributed by atoms with Gasteiger partial charge in [0.15, 0.2) is 0 Å². The second kappa shape index (κ2) is 6.71. The first kappa shape index (κ1) is 14.1. The molecule has 0 saturated carbocycles. The summed E-state index contributed by atoms with van der Waals surface area (Å²) >= 11 is 1.47. The number of hydrogen-bond acceptors (Lipinski definition) is 4. The molecule has 0 aromatic carbocycles. The van der Waals surface area contributed by atoms with E-state index in [-0.39, 0.29) is 5.91 Å². The third kappa shape index (κ3) is 3.78. The number of amides is 1. The molecule has 0 atom stereocenters. The number of carbonyl (C=O) groups is 1. The number of aryl methyl sites for hydroxylation is 1. The summed E-state index contributed by atoms with van der Waals surface area (Å²) in [6.07, 6.45) is 2.88. The average molecular weight is 255 g/mol. The molecular formula is C12H21N3OS. The van der Waals surface area contributed by atoms with Crippen LogP contribution in [0.15, 0.2) is 0 Å². The van der Waals surface area contributed by atoms with Gasteiger partial charge >= 0.3 is 0 Å². The second-order valence-corrected chi connectivity index (χ2v) is 5.22. The lowest BCUT2D eigenvalue weighted by atomic mass is 10.3. The standard InChI is InChI=1S/C12H21N3OS/c1-4-5-8-15(3)12(16)11-9(2)14-10(17-11)6-7-13/h4-8,13H2,1-3H3. The number of nitrogens with zero attached hydrogens (tertiary/aromatic N) is 2. The lowest BCUT2D eigenvalue weighted by molar-refractivity contribution is 0.0797. The summed E-state index contributed by atoms with van der Waals surface area (Å²) < 4.78 is 0. The van der Waals surface area contributed by atoms with Gasteiger partial charge in [0.25, 0.3) is 5.91 Å². The first-order chi connectivity index (χ1) is 8.10. The maximum Gasteiger partial charge on any atom is 0.265 e. The van der Waals surface area contributed by atoms with Gasteiger partial charge in [-0.05, 0) is 19.9 Å². The van der Waals surface area contributed by atoms with Crippen molar-refractivity contribution in [3.8, 4) is 0 Å². The van der Waals surface area contributed by atoms with E-state index in [4.69, 9.17) is 5.73 Å². The molecule has 17 heavy (non-hydrogen) atoms. The van der Waals surface area contributed by atoms with Crippen molar-refractivity contribution in [3.63, 3.8) is 0 Å². The van der Waals surface area contributed by atoms with Gasteiger partial charge in [-0.3, -0.25) is 4.79 Å². The van der Waals surface area contributed by atoms with Crippen LogP contribution in [-0.2, 0) is 6.42 Å². The molecule has 1 rings (SSSR count). The average Bonchev–Trinajstić information content (AvgIpc) is 2.66. The highest BCUT2D eigenvalue weighted by Gasteiger charge is 2.18. The summed E-state index contributed by atoms with van der Waals surface area (Å²) in [6.45, 7) is 5.39. The number of aromatic nitrogens is 1. The molecule has 0 aliphatic carbocycles. The van der Waals surface area contributed by atoms with E-state index < -0.39 is 0 Å². The quantitative estimate of drug-likeness (QED) is 0.843. The number of nitrogens with two attached hydrogens (primary N) is 1. The van der Waals surface area contributed by atoms with Crippen molar-refractivity contribution in [3.05, 3.63) is 15.6 Å². The van der Waals surface area contributed by atoms with E-state index in [0.29, 0.717) is 6.54 Å². The van der Waals surface area contributed by atoms with E-state index in [0.717, 1.165) is 41.4 Å². The molecule has 0 aliphatic rings. The zero-order valence-electron chi connectivity index (χ0n) is 10.8. The van der Waals surface area contributed by atoms with Crippen molar-refractivity contribution in [1.82, 2.24) is 9.88 Å². The van der Waals surface area contributed by atoms with E-state index in [9.17, 15) is 4.79 Å². The minimum absolute atomic E-state index is 0.0803. The van der Waals surface area contributed by atoms with E-state index in [2.05, 4.69) is 11.9 Å². The van der Waals surface area contributed by atoms with Crippen molar-refractivity contribution in [1.29, 1.82) is 0 Å². The molecule has 0 radical (unpaired) electrons. The van der Waals surface area contributed by atoms with Crippen LogP contribution in [0.1, 0.15) is 40.1 Å². The van der Waals surface area contributed by atoms with Crippen LogP contribution in [0, 0.1) is 6.92 Å². The lowest BCUT2D eigenvalue weighted by Crippen LogP contribution is -2.27. The van der Waals surface area contributed by atoms with Crippen molar-refractivity contribution in [2.24, 2.45) is 5.73 Å². The lowest BCUT2D eigenvalue weighted by Gasteiger charge is -2.15. The SMILES string of the molecule is CCCCN(C)C(=O)c1sc(CCN)nc1C. The highest BCUT2D eigenvalue weighted by atomic mass is 32.1. The summed E-state index contributed by atoms with van der Waals surface area (Å²) in [4.78, 5) is 19.1. The molecule has 1 aromatic heterocycles. The van der Waals surface area contributed by atoms with Crippen LogP contribution in [-0.4, -0.2) is 35.9 Å². The van der Waals surface area contributed by atoms with Crippen LogP contribution in [0.25, 0.3) is 0 Å². The molecule has 0 saturated heterocycles. The fourth-order valence-electron chi connectivity index (χ4n) is 1.55. The minimum Gasteiger partial charge on any atom is -0.341 e. The van der Waals surface area contributed by atoms with Crippen LogP contribution in [0.4, 0.5) is 0 Å². The Balaban J connectivity index is 2.73. The van der Waals surface area contributed by atoms with E-state index in [1.165, 1.54) is 11.3 Å². The largest absolute Gasteiger partial charge is 0.341 e. The zero-order valence-corrected chi connectivity index (χ0v) is 11.6. The van der Waals surface area contributed by atoms with E-state index in [1.54, 1.807) is 4.90 Å². The summed E-state index contributed by atoms with van der Waals surface area (Å²) in [5, 5.41) is 0.956. The van der Waals surface area contributed by atoms with Crippen molar-refractivity contribution < 1.29 is 4.79 Å². The molecule has 0 unspecified atom stereocenters. The van der Waals surface area contributed by atoms with Crippen molar-refractivity contribution in [2.45, 2.75) is 33.1 Å². The molecular weight excluding hydrogens is 234 g/mol. The monoisotopic (exact) mass is 255 g/mol. The molecule has 0 fully saturated rings. The van der Waals surface area contributed by atoms with Gasteiger partial charge in [-0.25, -0.2) is 4.98 Å². The topological polar surface area (TPSA) is 59.2 Å². The van der Waals surface area contributed by atoms with Gasteiger partial charge in [-0.1, -0.05) is 13.3 Å². The maximum atomic E-state index is 12.2. The Labute approximate surface area is 107 Å². The second-order valence-electron chi connectivity index (χ2n) is 4.14. The molecule has 1 aromatic rings. The summed E-state index contributed by atoms with van der Waals surface area (Å²) in [6, 6.07) is 0. The van der Waals surface area contributed by atoms with Gasteiger partial charge in [-0.15, -0.1) is 11.3 Å². The first-order valence-corrected chi connectivity index (χ1v) is 6.83. The van der Waals surface area contributed by atoms with E-state index in [1.807, 2.05) is 14.0 Å². The van der Waals surface area contributed by atoms with Gasteiger partial charge in [0.2, 0.25) is 0 Å². The van der Waals surface area contributed by atoms with Gasteiger partial charge in [0.05, 0.1) is 10.7 Å². The molecule has 96 valence electrons. The first-order valence-electron chi connectivity index (χ1n) is 6.02. The summed E-state index contributed by atoms with van der Waals surface area (Å²) in [5.74, 6) is 0.0803. The van der Waals surface area contributed by atoms with Gasteiger partial charge in [0, 0.05) is 20.0 Å². The normalized spacial score (nSPS) is 10.6. The van der Waals surface area contributed by atoms with Crippen molar-refractivity contribution >= 4 is 17.2 Å². The van der Waals surface area contributed by atoms with Crippen LogP contribution in [0.2, 0.25) is 0 Å². The smallest absolute Gasteiger partial charge is 0.265 e.